The maximum absolute atomic E-state index is 12.3. The molecule has 0 unspecified atom stereocenters. The van der Waals surface area contributed by atoms with E-state index in [2.05, 4.69) is 17.8 Å². The monoisotopic (exact) mass is 270 g/mol. The van der Waals surface area contributed by atoms with E-state index in [9.17, 15) is 8.78 Å². The molecule has 20 heavy (non-hydrogen) atoms. The molecule has 1 nitrogen and oxygen atoms in total. The van der Waals surface area contributed by atoms with Gasteiger partial charge in [0.2, 0.25) is 0 Å². The second-order valence-electron chi connectivity index (χ2n) is 3.62. The van der Waals surface area contributed by atoms with Crippen LogP contribution in [0.15, 0.2) is 48.5 Å². The summed E-state index contributed by atoms with van der Waals surface area (Å²) in [5.74, 6) is 6.98. The Hall–Kier alpha value is -2.62. The minimum Gasteiger partial charge on any atom is -0.384 e. The van der Waals surface area contributed by atoms with Gasteiger partial charge in [0.15, 0.2) is 0 Å². The summed E-state index contributed by atoms with van der Waals surface area (Å²) < 4.78 is 24.5. The van der Waals surface area contributed by atoms with Crippen molar-refractivity contribution < 1.29 is 13.9 Å². The SMILES string of the molecule is C#Cc1ccc(F)cc1.OCC#Cc1ccc(F)cc1. The number of benzene rings is 2. The van der Waals surface area contributed by atoms with Crippen LogP contribution in [-0.2, 0) is 0 Å². The third-order valence-electron chi connectivity index (χ3n) is 2.17. The summed E-state index contributed by atoms with van der Waals surface area (Å²) in [7, 11) is 0. The van der Waals surface area contributed by atoms with Crippen LogP contribution in [0.1, 0.15) is 11.1 Å². The fourth-order valence-corrected chi connectivity index (χ4v) is 1.22. The van der Waals surface area contributed by atoms with Gasteiger partial charge in [-0.1, -0.05) is 17.8 Å². The van der Waals surface area contributed by atoms with E-state index in [0.717, 1.165) is 0 Å². The molecule has 0 spiro atoms. The van der Waals surface area contributed by atoms with Crippen molar-refractivity contribution in [3.63, 3.8) is 0 Å². The van der Waals surface area contributed by atoms with Crippen LogP contribution in [0.4, 0.5) is 8.78 Å². The Balaban J connectivity index is 0.000000204. The topological polar surface area (TPSA) is 20.2 Å². The minimum absolute atomic E-state index is 0.169. The van der Waals surface area contributed by atoms with Gasteiger partial charge in [-0.25, -0.2) is 8.78 Å². The molecular formula is C17H12F2O. The van der Waals surface area contributed by atoms with Crippen molar-refractivity contribution in [3.8, 4) is 24.2 Å². The fourth-order valence-electron chi connectivity index (χ4n) is 1.22. The van der Waals surface area contributed by atoms with Gasteiger partial charge in [-0.05, 0) is 48.5 Å². The van der Waals surface area contributed by atoms with Gasteiger partial charge in [-0.3, -0.25) is 0 Å². The Morgan fingerprint density at radius 2 is 1.30 bits per heavy atom. The first-order valence-corrected chi connectivity index (χ1v) is 5.73. The summed E-state index contributed by atoms with van der Waals surface area (Å²) in [6, 6.07) is 11.6. The Labute approximate surface area is 116 Å². The van der Waals surface area contributed by atoms with Crippen molar-refractivity contribution in [2.45, 2.75) is 0 Å². The molecule has 0 aliphatic rings. The Morgan fingerprint density at radius 1 is 0.850 bits per heavy atom. The predicted molar refractivity (Wildman–Crippen MR) is 74.7 cm³/mol. The molecule has 0 saturated heterocycles. The molecule has 1 N–H and O–H groups in total. The van der Waals surface area contributed by atoms with Crippen molar-refractivity contribution in [2.75, 3.05) is 6.61 Å². The Kier molecular flexibility index (Phi) is 6.54. The number of halogens is 2. The van der Waals surface area contributed by atoms with E-state index in [1.807, 2.05) is 0 Å². The number of aliphatic hydroxyl groups is 1. The highest BCUT2D eigenvalue weighted by atomic mass is 19.1. The number of rotatable bonds is 0. The Bertz CT molecular complexity index is 626. The number of aliphatic hydroxyl groups excluding tert-OH is 1. The second-order valence-corrected chi connectivity index (χ2v) is 3.62. The first-order valence-electron chi connectivity index (χ1n) is 5.73. The molecule has 0 bridgehead atoms. The standard InChI is InChI=1S/C9H7FO.C8H5F/c10-9-5-3-8(4-6-9)2-1-7-11;1-2-7-3-5-8(9)6-4-7/h3-6,11H,7H2;1,3-6H. The molecule has 2 aromatic rings. The van der Waals surface area contributed by atoms with Gasteiger partial charge in [-0.15, -0.1) is 6.42 Å². The largest absolute Gasteiger partial charge is 0.384 e. The van der Waals surface area contributed by atoms with E-state index >= 15 is 0 Å². The van der Waals surface area contributed by atoms with Crippen molar-refractivity contribution >= 4 is 0 Å². The maximum atomic E-state index is 12.3. The molecule has 0 atom stereocenters. The molecule has 3 heteroatoms. The molecule has 0 radical (unpaired) electrons. The Morgan fingerprint density at radius 3 is 1.70 bits per heavy atom. The van der Waals surface area contributed by atoms with Gasteiger partial charge in [0, 0.05) is 11.1 Å². The van der Waals surface area contributed by atoms with E-state index < -0.39 is 0 Å². The highest BCUT2D eigenvalue weighted by molar-refractivity contribution is 5.34. The third kappa shape index (κ3) is 5.82. The smallest absolute Gasteiger partial charge is 0.123 e. The molecule has 100 valence electrons. The van der Waals surface area contributed by atoms with Crippen LogP contribution in [0.3, 0.4) is 0 Å². The summed E-state index contributed by atoms with van der Waals surface area (Å²) in [6.45, 7) is -0.169. The normalized spacial score (nSPS) is 8.50. The average Bonchev–Trinajstić information content (AvgIpc) is 2.48. The highest BCUT2D eigenvalue weighted by Crippen LogP contribution is 2.00. The molecule has 0 fully saturated rings. The van der Waals surface area contributed by atoms with Crippen molar-refractivity contribution in [2.24, 2.45) is 0 Å². The molecule has 0 heterocycles. The lowest BCUT2D eigenvalue weighted by atomic mass is 10.2. The van der Waals surface area contributed by atoms with Crippen LogP contribution < -0.4 is 0 Å². The fraction of sp³-hybridized carbons (Fsp3) is 0.0588. The molecule has 0 aliphatic carbocycles. The van der Waals surface area contributed by atoms with E-state index in [1.54, 1.807) is 24.3 Å². The van der Waals surface area contributed by atoms with Gasteiger partial charge in [0.25, 0.3) is 0 Å². The zero-order chi connectivity index (χ0) is 14.8. The summed E-state index contributed by atoms with van der Waals surface area (Å²) in [5.41, 5.74) is 1.41. The lowest BCUT2D eigenvalue weighted by molar-refractivity contribution is 0.350. The minimum atomic E-state index is -0.278. The summed E-state index contributed by atoms with van der Waals surface area (Å²) in [4.78, 5) is 0. The van der Waals surface area contributed by atoms with Gasteiger partial charge < -0.3 is 5.11 Å². The molecular weight excluding hydrogens is 258 g/mol. The van der Waals surface area contributed by atoms with Crippen LogP contribution in [0.5, 0.6) is 0 Å². The van der Waals surface area contributed by atoms with E-state index in [-0.39, 0.29) is 18.2 Å². The van der Waals surface area contributed by atoms with Crippen LogP contribution in [0, 0.1) is 35.8 Å². The molecule has 0 aliphatic heterocycles. The lowest BCUT2D eigenvalue weighted by Gasteiger charge is -1.87. The lowest BCUT2D eigenvalue weighted by Crippen LogP contribution is -1.77. The molecule has 0 saturated carbocycles. The molecule has 2 aromatic carbocycles. The zero-order valence-corrected chi connectivity index (χ0v) is 10.6. The van der Waals surface area contributed by atoms with E-state index in [0.29, 0.717) is 11.1 Å². The van der Waals surface area contributed by atoms with Crippen LogP contribution in [0.2, 0.25) is 0 Å². The number of hydrogen-bond donors (Lipinski definition) is 1. The van der Waals surface area contributed by atoms with Crippen molar-refractivity contribution in [3.05, 3.63) is 71.3 Å². The molecule has 2 rings (SSSR count). The quantitative estimate of drug-likeness (QED) is 0.730. The van der Waals surface area contributed by atoms with Crippen molar-refractivity contribution in [1.82, 2.24) is 0 Å². The molecule has 0 aromatic heterocycles. The summed E-state index contributed by atoms with van der Waals surface area (Å²) in [6.07, 6.45) is 5.03. The van der Waals surface area contributed by atoms with Gasteiger partial charge >= 0.3 is 0 Å². The summed E-state index contributed by atoms with van der Waals surface area (Å²) in [5, 5.41) is 8.33. The summed E-state index contributed by atoms with van der Waals surface area (Å²) >= 11 is 0. The van der Waals surface area contributed by atoms with Crippen LogP contribution in [-0.4, -0.2) is 11.7 Å². The van der Waals surface area contributed by atoms with Gasteiger partial charge in [0.05, 0.1) is 0 Å². The maximum Gasteiger partial charge on any atom is 0.123 e. The average molecular weight is 270 g/mol. The highest BCUT2D eigenvalue weighted by Gasteiger charge is 1.87. The van der Waals surface area contributed by atoms with Gasteiger partial charge in [-0.2, -0.15) is 0 Å². The second kappa shape index (κ2) is 8.48. The number of terminal acetylenes is 1. The third-order valence-corrected chi connectivity index (χ3v) is 2.17. The zero-order valence-electron chi connectivity index (χ0n) is 10.6. The van der Waals surface area contributed by atoms with Crippen LogP contribution in [0.25, 0.3) is 0 Å². The first-order chi connectivity index (χ1) is 9.65. The predicted octanol–water partition coefficient (Wildman–Crippen LogP) is 2.98. The van der Waals surface area contributed by atoms with E-state index in [4.69, 9.17) is 11.5 Å². The first kappa shape index (κ1) is 15.4. The van der Waals surface area contributed by atoms with Crippen molar-refractivity contribution in [1.29, 1.82) is 0 Å². The van der Waals surface area contributed by atoms with E-state index in [1.165, 1.54) is 24.3 Å². The molecule has 0 amide bonds. The van der Waals surface area contributed by atoms with Gasteiger partial charge in [0.1, 0.15) is 18.2 Å². The number of hydrogen-bond acceptors (Lipinski definition) is 1. The van der Waals surface area contributed by atoms with Crippen LogP contribution >= 0.6 is 0 Å².